The summed E-state index contributed by atoms with van der Waals surface area (Å²) in [4.78, 5) is 23.5. The zero-order valence-corrected chi connectivity index (χ0v) is 27.3. The van der Waals surface area contributed by atoms with Crippen LogP contribution in [0, 0.1) is 29.1 Å². The second-order valence-electron chi connectivity index (χ2n) is 14.7. The number of allylic oxidation sites excluding steroid dienone is 4. The molecule has 7 rings (SSSR count). The third kappa shape index (κ3) is 4.86. The lowest BCUT2D eigenvalue weighted by molar-refractivity contribution is -0.0709. The summed E-state index contributed by atoms with van der Waals surface area (Å²) in [5.41, 5.74) is 7.07. The predicted molar refractivity (Wildman–Crippen MR) is 173 cm³/mol. The number of Topliss-reactive ketones (excluding diaryl/α,β-unsaturated/α-hetero) is 1. The maximum atomic E-state index is 14.6. The van der Waals surface area contributed by atoms with Crippen LogP contribution < -0.4 is 5.48 Å². The second kappa shape index (κ2) is 11.8. The quantitative estimate of drug-likeness (QED) is 0.241. The first-order chi connectivity index (χ1) is 21.2. The summed E-state index contributed by atoms with van der Waals surface area (Å²) < 4.78 is 0. The highest BCUT2D eigenvalue weighted by atomic mass is 35.5. The highest BCUT2D eigenvalue weighted by Gasteiger charge is 2.61. The van der Waals surface area contributed by atoms with Gasteiger partial charge in [-0.2, -0.15) is 5.48 Å². The number of benzene rings is 1. The number of phenols is 1. The number of phenolic OH excluding ortho intramolecular Hbond substituents is 1. The highest BCUT2D eigenvalue weighted by Crippen LogP contribution is 2.64. The van der Waals surface area contributed by atoms with Gasteiger partial charge in [0.1, 0.15) is 11.5 Å². The number of carbonyl (C=O) groups excluding carboxylic acids is 1. The van der Waals surface area contributed by atoms with Crippen molar-refractivity contribution in [2.45, 2.75) is 110 Å². The van der Waals surface area contributed by atoms with Crippen molar-refractivity contribution in [3.63, 3.8) is 0 Å². The summed E-state index contributed by atoms with van der Waals surface area (Å²) >= 11 is 7.22. The molecule has 1 aromatic rings. The number of fused-ring (bicyclic) bond motifs is 2. The van der Waals surface area contributed by atoms with E-state index in [2.05, 4.69) is 23.9 Å². The van der Waals surface area contributed by atoms with Crippen molar-refractivity contribution < 1.29 is 19.8 Å². The van der Waals surface area contributed by atoms with Crippen molar-refractivity contribution in [2.24, 2.45) is 29.1 Å². The third-order valence-electron chi connectivity index (χ3n) is 12.1. The second-order valence-corrected chi connectivity index (χ2v) is 15.1. The van der Waals surface area contributed by atoms with Crippen LogP contribution in [0.2, 0.25) is 5.02 Å². The van der Waals surface area contributed by atoms with Crippen LogP contribution in [0.25, 0.3) is 0 Å². The molecule has 4 atom stereocenters. The number of nitrogens with one attached hydrogen (secondary N) is 1. The Bertz CT molecular complexity index is 1420. The Balaban J connectivity index is 1.29. The first-order valence-corrected chi connectivity index (χ1v) is 17.7. The van der Waals surface area contributed by atoms with Gasteiger partial charge in [-0.15, -0.1) is 0 Å². The van der Waals surface area contributed by atoms with E-state index in [0.717, 1.165) is 66.8 Å². The number of hydrogen-bond acceptors (Lipinski definition) is 6. The minimum absolute atomic E-state index is 0.0318. The Kier molecular flexibility index (Phi) is 8.16. The summed E-state index contributed by atoms with van der Waals surface area (Å²) in [5, 5.41) is 23.2. The number of rotatable bonds is 9. The Labute approximate surface area is 267 Å². The number of ketones is 1. The Morgan fingerprint density at radius 3 is 2.66 bits per heavy atom. The smallest absolute Gasteiger partial charge is 0.196 e. The molecule has 0 bridgehead atoms. The number of aromatic hydroxyl groups is 1. The van der Waals surface area contributed by atoms with Crippen LogP contribution in [0.1, 0.15) is 112 Å². The SMILES string of the molecule is C=C1C(C)=C(O)C[C@@H]2C[C@@H]3Cc4c(Cl)c(CN(CC5CC5)C5CCCC5)cc(O)c4C(=O)C3=C3ONCC(CCCCC)[C@]132. The summed E-state index contributed by atoms with van der Waals surface area (Å²) in [6.45, 7) is 11.2. The molecular weight excluding hydrogens is 572 g/mol. The number of aliphatic hydroxyl groups is 1. The first kappa shape index (κ1) is 30.4. The third-order valence-corrected chi connectivity index (χ3v) is 12.6. The first-order valence-electron chi connectivity index (χ1n) is 17.3. The van der Waals surface area contributed by atoms with E-state index in [1.807, 2.05) is 6.92 Å². The van der Waals surface area contributed by atoms with Crippen molar-refractivity contribution in [3.8, 4) is 5.75 Å². The molecule has 1 spiro atoms. The maximum Gasteiger partial charge on any atom is 0.196 e. The molecule has 1 aromatic carbocycles. The van der Waals surface area contributed by atoms with Gasteiger partial charge in [0.15, 0.2) is 5.78 Å². The fourth-order valence-electron chi connectivity index (χ4n) is 9.63. The van der Waals surface area contributed by atoms with Gasteiger partial charge in [-0.1, -0.05) is 57.2 Å². The zero-order valence-electron chi connectivity index (χ0n) is 26.5. The molecule has 2 saturated carbocycles. The standard InChI is InChI=1S/C37H49ClN2O4/c1-4-5-6-9-26-18-39-44-36-32-24(14-27-17-30(41)21(2)22(3)37(26,27)36)15-29-33(35(32)43)31(42)16-25(34(29)38)20-40(19-23-12-13-23)28-10-7-8-11-28/h16,23-24,26-28,39,41-42H,3-15,17-20H2,1-2H3/t24-,26?,27+,37+/m1/s1. The monoisotopic (exact) mass is 620 g/mol. The molecule has 3 fully saturated rings. The van der Waals surface area contributed by atoms with Crippen LogP contribution in [0.5, 0.6) is 5.75 Å². The van der Waals surface area contributed by atoms with Crippen molar-refractivity contribution in [1.82, 2.24) is 10.4 Å². The molecule has 238 valence electrons. The molecule has 5 aliphatic carbocycles. The van der Waals surface area contributed by atoms with E-state index in [1.54, 1.807) is 6.07 Å². The van der Waals surface area contributed by atoms with Gasteiger partial charge < -0.3 is 15.1 Å². The normalized spacial score (nSPS) is 30.3. The minimum Gasteiger partial charge on any atom is -0.512 e. The Morgan fingerprint density at radius 1 is 1.16 bits per heavy atom. The number of hydroxylamine groups is 1. The topological polar surface area (TPSA) is 82.0 Å². The van der Waals surface area contributed by atoms with Gasteiger partial charge in [-0.05, 0) is 104 Å². The van der Waals surface area contributed by atoms with Gasteiger partial charge in [-0.3, -0.25) is 9.69 Å². The molecule has 7 heteroatoms. The maximum absolute atomic E-state index is 14.6. The number of unbranched alkanes of at least 4 members (excludes halogenated alkanes) is 2. The lowest BCUT2D eigenvalue weighted by atomic mass is 9.49. The summed E-state index contributed by atoms with van der Waals surface area (Å²) in [6, 6.07) is 2.33. The lowest BCUT2D eigenvalue weighted by Crippen LogP contribution is -2.56. The molecular formula is C37H49ClN2O4. The Morgan fingerprint density at radius 2 is 1.93 bits per heavy atom. The van der Waals surface area contributed by atoms with E-state index in [4.69, 9.17) is 16.4 Å². The fraction of sp³-hybridized carbons (Fsp3) is 0.649. The van der Waals surface area contributed by atoms with Gasteiger partial charge in [-0.25, -0.2) is 0 Å². The van der Waals surface area contributed by atoms with Crippen LogP contribution in [0.15, 0.2) is 40.9 Å². The number of halogens is 1. The summed E-state index contributed by atoms with van der Waals surface area (Å²) in [7, 11) is 0. The van der Waals surface area contributed by atoms with E-state index in [0.29, 0.717) is 59.7 Å². The van der Waals surface area contributed by atoms with Crippen molar-refractivity contribution in [1.29, 1.82) is 0 Å². The largest absolute Gasteiger partial charge is 0.512 e. The summed E-state index contributed by atoms with van der Waals surface area (Å²) in [5.74, 6) is 1.91. The average Bonchev–Trinajstić information content (AvgIpc) is 3.65. The molecule has 6 nitrogen and oxygen atoms in total. The molecule has 0 aromatic heterocycles. The van der Waals surface area contributed by atoms with Crippen molar-refractivity contribution in [3.05, 3.63) is 62.6 Å². The predicted octanol–water partition coefficient (Wildman–Crippen LogP) is 8.34. The van der Waals surface area contributed by atoms with E-state index < -0.39 is 5.41 Å². The molecule has 3 N–H and O–H groups in total. The molecule has 0 amide bonds. The molecule has 1 heterocycles. The van der Waals surface area contributed by atoms with Gasteiger partial charge in [0.25, 0.3) is 0 Å². The van der Waals surface area contributed by atoms with Crippen LogP contribution >= 0.6 is 11.6 Å². The number of nitrogens with zero attached hydrogens (tertiary/aromatic N) is 1. The number of hydrogen-bond donors (Lipinski definition) is 3. The van der Waals surface area contributed by atoms with Gasteiger partial charge in [0, 0.05) is 42.7 Å². The summed E-state index contributed by atoms with van der Waals surface area (Å²) in [6.07, 6.45) is 13.9. The minimum atomic E-state index is -0.543. The highest BCUT2D eigenvalue weighted by molar-refractivity contribution is 6.33. The molecule has 1 saturated heterocycles. The van der Waals surface area contributed by atoms with Crippen LogP contribution in [-0.4, -0.2) is 40.0 Å². The lowest BCUT2D eigenvalue weighted by Gasteiger charge is -2.57. The van der Waals surface area contributed by atoms with Gasteiger partial charge in [0.05, 0.1) is 16.7 Å². The van der Waals surface area contributed by atoms with E-state index in [9.17, 15) is 15.0 Å². The number of carbonyl (C=O) groups is 1. The molecule has 0 radical (unpaired) electrons. The molecule has 6 aliphatic rings. The Hall–Kier alpha value is -2.28. The van der Waals surface area contributed by atoms with E-state index >= 15 is 0 Å². The molecule has 44 heavy (non-hydrogen) atoms. The molecule has 1 aliphatic heterocycles. The van der Waals surface area contributed by atoms with Crippen LogP contribution in [0.3, 0.4) is 0 Å². The van der Waals surface area contributed by atoms with Gasteiger partial charge >= 0.3 is 0 Å². The average molecular weight is 621 g/mol. The molecule has 1 unspecified atom stereocenters. The number of aliphatic hydroxyl groups excluding tert-OH is 1. The van der Waals surface area contributed by atoms with E-state index in [-0.39, 0.29) is 29.3 Å². The van der Waals surface area contributed by atoms with Crippen molar-refractivity contribution in [2.75, 3.05) is 13.1 Å². The zero-order chi connectivity index (χ0) is 30.7. The van der Waals surface area contributed by atoms with Gasteiger partial charge in [0.2, 0.25) is 0 Å². The van der Waals surface area contributed by atoms with Crippen molar-refractivity contribution >= 4 is 17.4 Å². The fourth-order valence-corrected chi connectivity index (χ4v) is 9.91. The van der Waals surface area contributed by atoms with E-state index in [1.165, 1.54) is 38.5 Å². The van der Waals surface area contributed by atoms with Crippen LogP contribution in [-0.2, 0) is 17.8 Å². The van der Waals surface area contributed by atoms with Crippen LogP contribution in [0.4, 0.5) is 0 Å².